The Bertz CT molecular complexity index is 940. The lowest BCUT2D eigenvalue weighted by Gasteiger charge is -2.26. The van der Waals surface area contributed by atoms with Gasteiger partial charge in [0, 0.05) is 25.5 Å². The fraction of sp³-hybridized carbons (Fsp3) is 0.333. The van der Waals surface area contributed by atoms with Gasteiger partial charge in [0.25, 0.3) is 0 Å². The Kier molecular flexibility index (Phi) is 4.66. The molecule has 0 spiro atoms. The van der Waals surface area contributed by atoms with Crippen molar-refractivity contribution in [3.63, 3.8) is 0 Å². The maximum Gasteiger partial charge on any atom is 0.351 e. The number of thiophene rings is 1. The van der Waals surface area contributed by atoms with E-state index in [1.54, 1.807) is 24.5 Å². The van der Waals surface area contributed by atoms with Gasteiger partial charge >= 0.3 is 5.69 Å². The Morgan fingerprint density at radius 3 is 2.58 bits per heavy atom. The zero-order valence-electron chi connectivity index (χ0n) is 14.2. The zero-order chi connectivity index (χ0) is 17.9. The van der Waals surface area contributed by atoms with Gasteiger partial charge < -0.3 is 4.90 Å². The lowest BCUT2D eigenvalue weighted by Crippen LogP contribution is -2.40. The van der Waals surface area contributed by atoms with Crippen molar-refractivity contribution in [3.8, 4) is 16.4 Å². The first-order valence-corrected chi connectivity index (χ1v) is 9.54. The number of nitrogens with zero attached hydrogens (tertiary/aromatic N) is 5. The zero-order valence-corrected chi connectivity index (χ0v) is 15.1. The van der Waals surface area contributed by atoms with E-state index in [0.717, 1.165) is 37.2 Å². The molecule has 0 aliphatic carbocycles. The molecule has 134 valence electrons. The highest BCUT2D eigenvalue weighted by Crippen LogP contribution is 2.24. The van der Waals surface area contributed by atoms with Crippen LogP contribution in [0.25, 0.3) is 16.4 Å². The summed E-state index contributed by atoms with van der Waals surface area (Å²) in [6, 6.07) is 7.36. The molecule has 0 unspecified atom stereocenters. The standard InChI is InChI=1S/C18H19N5O2S/c24-16(21-10-2-1-3-11-21)13-22-18(25)23(14-6-8-19-9-7-14)17(20-22)15-5-4-12-26-15/h4-9,12H,1-3,10-11,13H2. The molecule has 0 saturated carbocycles. The van der Waals surface area contributed by atoms with Crippen LogP contribution >= 0.6 is 11.3 Å². The van der Waals surface area contributed by atoms with Crippen LogP contribution in [0.3, 0.4) is 0 Å². The van der Waals surface area contributed by atoms with Crippen LogP contribution in [0.5, 0.6) is 0 Å². The van der Waals surface area contributed by atoms with E-state index < -0.39 is 0 Å². The summed E-state index contributed by atoms with van der Waals surface area (Å²) in [7, 11) is 0. The minimum absolute atomic E-state index is 0.0324. The molecular formula is C18H19N5O2S. The van der Waals surface area contributed by atoms with E-state index in [9.17, 15) is 9.59 Å². The van der Waals surface area contributed by atoms with Gasteiger partial charge in [-0.3, -0.25) is 9.78 Å². The van der Waals surface area contributed by atoms with Crippen LogP contribution in [0.2, 0.25) is 0 Å². The summed E-state index contributed by atoms with van der Waals surface area (Å²) in [6.45, 7) is 1.49. The summed E-state index contributed by atoms with van der Waals surface area (Å²) >= 11 is 1.51. The quantitative estimate of drug-likeness (QED) is 0.706. The summed E-state index contributed by atoms with van der Waals surface area (Å²) in [5.74, 6) is 0.492. The van der Waals surface area contributed by atoms with Crippen molar-refractivity contribution in [2.75, 3.05) is 13.1 Å². The first-order chi connectivity index (χ1) is 12.7. The average molecular weight is 369 g/mol. The van der Waals surface area contributed by atoms with Crippen molar-refractivity contribution in [1.29, 1.82) is 0 Å². The van der Waals surface area contributed by atoms with Crippen molar-refractivity contribution in [1.82, 2.24) is 24.2 Å². The lowest BCUT2D eigenvalue weighted by atomic mass is 10.1. The number of piperidine rings is 1. The fourth-order valence-corrected chi connectivity index (χ4v) is 3.87. The molecule has 0 bridgehead atoms. The molecule has 26 heavy (non-hydrogen) atoms. The summed E-state index contributed by atoms with van der Waals surface area (Å²) in [5.41, 5.74) is 0.370. The molecular weight excluding hydrogens is 350 g/mol. The molecule has 0 atom stereocenters. The van der Waals surface area contributed by atoms with Gasteiger partial charge in [-0.2, -0.15) is 0 Å². The van der Waals surface area contributed by atoms with Crippen molar-refractivity contribution < 1.29 is 4.79 Å². The summed E-state index contributed by atoms with van der Waals surface area (Å²) in [5, 5.41) is 6.41. The second kappa shape index (κ2) is 7.25. The number of amides is 1. The maximum absolute atomic E-state index is 13.0. The molecule has 3 aromatic heterocycles. The molecule has 0 N–H and O–H groups in total. The third-order valence-corrected chi connectivity index (χ3v) is 5.36. The molecule has 1 amide bonds. The smallest absolute Gasteiger partial charge is 0.341 e. The molecule has 0 aromatic carbocycles. The number of carbonyl (C=O) groups is 1. The molecule has 1 saturated heterocycles. The number of hydrogen-bond donors (Lipinski definition) is 0. The van der Waals surface area contributed by atoms with Gasteiger partial charge in [-0.05, 0) is 42.8 Å². The molecule has 1 aliphatic rings. The SMILES string of the molecule is O=C(Cn1nc(-c2cccs2)n(-c2ccncc2)c1=O)N1CCCCC1. The van der Waals surface area contributed by atoms with Gasteiger partial charge in [0.1, 0.15) is 6.54 Å². The molecule has 4 rings (SSSR count). The Morgan fingerprint density at radius 2 is 1.88 bits per heavy atom. The van der Waals surface area contributed by atoms with E-state index in [1.807, 2.05) is 22.4 Å². The van der Waals surface area contributed by atoms with Crippen molar-refractivity contribution in [3.05, 3.63) is 52.5 Å². The van der Waals surface area contributed by atoms with Crippen LogP contribution in [0, 0.1) is 0 Å². The van der Waals surface area contributed by atoms with Crippen LogP contribution in [0.1, 0.15) is 19.3 Å². The minimum Gasteiger partial charge on any atom is -0.341 e. The first kappa shape index (κ1) is 16.7. The van der Waals surface area contributed by atoms with Crippen molar-refractivity contribution in [2.45, 2.75) is 25.8 Å². The average Bonchev–Trinajstić information content (AvgIpc) is 3.32. The molecule has 7 nitrogen and oxygen atoms in total. The van der Waals surface area contributed by atoms with E-state index in [1.165, 1.54) is 20.6 Å². The van der Waals surface area contributed by atoms with Crippen LogP contribution in [0.15, 0.2) is 46.8 Å². The Hall–Kier alpha value is -2.74. The van der Waals surface area contributed by atoms with Gasteiger partial charge in [0.15, 0.2) is 5.82 Å². The van der Waals surface area contributed by atoms with E-state index in [4.69, 9.17) is 0 Å². The predicted molar refractivity (Wildman–Crippen MR) is 99.4 cm³/mol. The van der Waals surface area contributed by atoms with Gasteiger partial charge in [-0.15, -0.1) is 16.4 Å². The Morgan fingerprint density at radius 1 is 1.12 bits per heavy atom. The normalized spacial score (nSPS) is 14.5. The van der Waals surface area contributed by atoms with Gasteiger partial charge in [0.05, 0.1) is 10.6 Å². The summed E-state index contributed by atoms with van der Waals surface area (Å²) in [6.07, 6.45) is 6.47. The number of likely N-dealkylation sites (tertiary alicyclic amines) is 1. The number of pyridine rings is 1. The molecule has 8 heteroatoms. The number of hydrogen-bond acceptors (Lipinski definition) is 5. The highest BCUT2D eigenvalue weighted by molar-refractivity contribution is 7.13. The molecule has 1 fully saturated rings. The van der Waals surface area contributed by atoms with Gasteiger partial charge in [-0.25, -0.2) is 14.0 Å². The number of aromatic nitrogens is 4. The highest BCUT2D eigenvalue weighted by atomic mass is 32.1. The second-order valence-electron chi connectivity index (χ2n) is 6.22. The van der Waals surface area contributed by atoms with Crippen LogP contribution in [-0.4, -0.2) is 43.2 Å². The topological polar surface area (TPSA) is 73.0 Å². The maximum atomic E-state index is 13.0. The van der Waals surface area contributed by atoms with E-state index in [-0.39, 0.29) is 18.1 Å². The number of rotatable bonds is 4. The number of carbonyl (C=O) groups excluding carboxylic acids is 1. The molecule has 1 aliphatic heterocycles. The van der Waals surface area contributed by atoms with Gasteiger partial charge in [0.2, 0.25) is 5.91 Å². The largest absolute Gasteiger partial charge is 0.351 e. The highest BCUT2D eigenvalue weighted by Gasteiger charge is 2.22. The van der Waals surface area contributed by atoms with Crippen LogP contribution in [0.4, 0.5) is 0 Å². The third-order valence-electron chi connectivity index (χ3n) is 4.50. The lowest BCUT2D eigenvalue weighted by molar-refractivity contribution is -0.133. The molecule has 4 heterocycles. The van der Waals surface area contributed by atoms with Crippen molar-refractivity contribution >= 4 is 17.2 Å². The monoisotopic (exact) mass is 369 g/mol. The Balaban J connectivity index is 1.72. The van der Waals surface area contributed by atoms with Gasteiger partial charge in [-0.1, -0.05) is 6.07 Å². The Labute approximate surface area is 154 Å². The minimum atomic E-state index is -0.315. The second-order valence-corrected chi connectivity index (χ2v) is 7.17. The first-order valence-electron chi connectivity index (χ1n) is 8.66. The third kappa shape index (κ3) is 3.20. The van der Waals surface area contributed by atoms with E-state index in [0.29, 0.717) is 11.5 Å². The predicted octanol–water partition coefficient (Wildman–Crippen LogP) is 2.17. The van der Waals surface area contributed by atoms with Crippen LogP contribution in [-0.2, 0) is 11.3 Å². The summed E-state index contributed by atoms with van der Waals surface area (Å²) in [4.78, 5) is 32.3. The summed E-state index contributed by atoms with van der Waals surface area (Å²) < 4.78 is 2.81. The molecule has 3 aromatic rings. The van der Waals surface area contributed by atoms with E-state index >= 15 is 0 Å². The van der Waals surface area contributed by atoms with E-state index in [2.05, 4.69) is 10.1 Å². The van der Waals surface area contributed by atoms with Crippen LogP contribution < -0.4 is 5.69 Å². The molecule has 0 radical (unpaired) electrons. The fourth-order valence-electron chi connectivity index (χ4n) is 3.17. The van der Waals surface area contributed by atoms with Crippen molar-refractivity contribution in [2.24, 2.45) is 0 Å².